The van der Waals surface area contributed by atoms with Crippen LogP contribution in [0, 0.1) is 6.92 Å². The maximum atomic E-state index is 12.9. The molecule has 36 heavy (non-hydrogen) atoms. The molecule has 9 nitrogen and oxygen atoms in total. The van der Waals surface area contributed by atoms with Crippen molar-refractivity contribution in [1.29, 1.82) is 0 Å². The molecule has 1 fully saturated rings. The number of nitrogens with zero attached hydrogens (tertiary/aromatic N) is 1. The largest absolute Gasteiger partial charge is 0.379 e. The second kappa shape index (κ2) is 10.6. The van der Waals surface area contributed by atoms with E-state index in [2.05, 4.69) is 10.0 Å². The number of rotatable bonds is 7. The Kier molecular flexibility index (Phi) is 7.67. The molecular formula is C24H24ClN3O6S2. The zero-order chi connectivity index (χ0) is 25.9. The van der Waals surface area contributed by atoms with Crippen molar-refractivity contribution in [1.82, 2.24) is 4.31 Å². The fraction of sp³-hybridized carbons (Fsp3) is 0.208. The Morgan fingerprint density at radius 3 is 2.28 bits per heavy atom. The zero-order valence-electron chi connectivity index (χ0n) is 19.3. The normalized spacial score (nSPS) is 14.8. The molecule has 1 saturated heterocycles. The lowest BCUT2D eigenvalue weighted by molar-refractivity contribution is 0.0730. The second-order valence-corrected chi connectivity index (χ2v) is 12.1. The number of carbonyl (C=O) groups is 1. The number of carbonyl (C=O) groups excluding carboxylic acids is 1. The Hall–Kier alpha value is -2.96. The molecule has 12 heteroatoms. The summed E-state index contributed by atoms with van der Waals surface area (Å²) in [6.07, 6.45) is 0. The molecular weight excluding hydrogens is 526 g/mol. The molecule has 1 aliphatic heterocycles. The first kappa shape index (κ1) is 26.1. The lowest BCUT2D eigenvalue weighted by atomic mass is 10.2. The maximum absolute atomic E-state index is 12.9. The van der Waals surface area contributed by atoms with Gasteiger partial charge in [0, 0.05) is 30.0 Å². The molecule has 1 heterocycles. The van der Waals surface area contributed by atoms with Crippen LogP contribution in [0.15, 0.2) is 76.5 Å². The van der Waals surface area contributed by atoms with Gasteiger partial charge >= 0.3 is 0 Å². The van der Waals surface area contributed by atoms with E-state index >= 15 is 0 Å². The van der Waals surface area contributed by atoms with Crippen molar-refractivity contribution in [2.45, 2.75) is 16.7 Å². The highest BCUT2D eigenvalue weighted by molar-refractivity contribution is 7.92. The summed E-state index contributed by atoms with van der Waals surface area (Å²) in [4.78, 5) is 12.7. The van der Waals surface area contributed by atoms with E-state index in [1.165, 1.54) is 46.8 Å². The van der Waals surface area contributed by atoms with E-state index in [0.717, 1.165) is 5.56 Å². The quantitative estimate of drug-likeness (QED) is 0.463. The summed E-state index contributed by atoms with van der Waals surface area (Å²) in [7, 11) is -7.73. The molecule has 0 spiro atoms. The fourth-order valence-electron chi connectivity index (χ4n) is 3.62. The van der Waals surface area contributed by atoms with Crippen LogP contribution in [-0.4, -0.2) is 53.4 Å². The van der Waals surface area contributed by atoms with Crippen LogP contribution in [0.2, 0.25) is 5.02 Å². The topological polar surface area (TPSA) is 122 Å². The number of hydrogen-bond donors (Lipinski definition) is 2. The third kappa shape index (κ3) is 5.88. The minimum absolute atomic E-state index is 0.0376. The SMILES string of the molecule is Cc1cccc(NS(=O)(=O)c2cc(C(=O)Nc3ccc(S(=O)(=O)N4CCOCC4)cc3)ccc2Cl)c1. The number of ether oxygens (including phenoxy) is 1. The number of morpholine rings is 1. The van der Waals surface area contributed by atoms with Gasteiger partial charge in [-0.2, -0.15) is 4.31 Å². The lowest BCUT2D eigenvalue weighted by Gasteiger charge is -2.26. The summed E-state index contributed by atoms with van der Waals surface area (Å²) in [5.41, 5.74) is 1.65. The molecule has 190 valence electrons. The number of benzene rings is 3. The smallest absolute Gasteiger partial charge is 0.263 e. The van der Waals surface area contributed by atoms with Gasteiger partial charge in [-0.3, -0.25) is 9.52 Å². The van der Waals surface area contributed by atoms with Crippen LogP contribution in [0.3, 0.4) is 0 Å². The van der Waals surface area contributed by atoms with Gasteiger partial charge in [0.2, 0.25) is 10.0 Å². The van der Waals surface area contributed by atoms with E-state index in [0.29, 0.717) is 24.6 Å². The zero-order valence-corrected chi connectivity index (χ0v) is 21.7. The molecule has 4 rings (SSSR count). The van der Waals surface area contributed by atoms with Crippen molar-refractivity contribution < 1.29 is 26.4 Å². The van der Waals surface area contributed by atoms with Gasteiger partial charge in [0.1, 0.15) is 4.90 Å². The van der Waals surface area contributed by atoms with Gasteiger partial charge in [0.15, 0.2) is 0 Å². The molecule has 0 bridgehead atoms. The van der Waals surface area contributed by atoms with Crippen LogP contribution in [0.5, 0.6) is 0 Å². The van der Waals surface area contributed by atoms with Crippen molar-refractivity contribution >= 4 is 48.9 Å². The van der Waals surface area contributed by atoms with Crippen molar-refractivity contribution in [3.63, 3.8) is 0 Å². The van der Waals surface area contributed by atoms with Crippen LogP contribution in [-0.2, 0) is 24.8 Å². The number of amides is 1. The first-order chi connectivity index (χ1) is 17.1. The van der Waals surface area contributed by atoms with Crippen LogP contribution in [0.1, 0.15) is 15.9 Å². The highest BCUT2D eigenvalue weighted by Gasteiger charge is 2.26. The van der Waals surface area contributed by atoms with Crippen molar-refractivity contribution in [3.05, 3.63) is 82.9 Å². The Morgan fingerprint density at radius 2 is 1.61 bits per heavy atom. The van der Waals surface area contributed by atoms with E-state index in [9.17, 15) is 21.6 Å². The molecule has 0 radical (unpaired) electrons. The van der Waals surface area contributed by atoms with Gasteiger partial charge in [-0.05, 0) is 67.1 Å². The third-order valence-electron chi connectivity index (χ3n) is 5.47. The fourth-order valence-corrected chi connectivity index (χ4v) is 6.60. The number of nitrogens with one attached hydrogen (secondary N) is 2. The summed E-state index contributed by atoms with van der Waals surface area (Å²) in [5.74, 6) is -0.581. The van der Waals surface area contributed by atoms with Gasteiger partial charge in [-0.25, -0.2) is 16.8 Å². The summed E-state index contributed by atoms with van der Waals surface area (Å²) in [6.45, 7) is 3.07. The van der Waals surface area contributed by atoms with E-state index in [-0.39, 0.29) is 33.5 Å². The number of halogens is 1. The molecule has 2 N–H and O–H groups in total. The predicted molar refractivity (Wildman–Crippen MR) is 137 cm³/mol. The molecule has 1 aliphatic rings. The molecule has 3 aromatic rings. The Labute approximate surface area is 215 Å². The van der Waals surface area contributed by atoms with Gasteiger partial charge in [0.25, 0.3) is 15.9 Å². The van der Waals surface area contributed by atoms with Crippen molar-refractivity contribution in [2.75, 3.05) is 36.3 Å². The van der Waals surface area contributed by atoms with Crippen LogP contribution in [0.4, 0.5) is 11.4 Å². The molecule has 0 unspecified atom stereocenters. The third-order valence-corrected chi connectivity index (χ3v) is 9.25. The average Bonchev–Trinajstić information content (AvgIpc) is 2.85. The van der Waals surface area contributed by atoms with E-state index in [1.807, 2.05) is 13.0 Å². The number of aryl methyl sites for hydroxylation is 1. The van der Waals surface area contributed by atoms with Crippen LogP contribution < -0.4 is 10.0 Å². The van der Waals surface area contributed by atoms with Crippen molar-refractivity contribution in [3.8, 4) is 0 Å². The number of anilines is 2. The number of sulfonamides is 2. The summed E-state index contributed by atoms with van der Waals surface area (Å²) < 4.78 is 60.4. The monoisotopic (exact) mass is 549 g/mol. The Morgan fingerprint density at radius 1 is 0.917 bits per heavy atom. The van der Waals surface area contributed by atoms with Crippen LogP contribution in [0.25, 0.3) is 0 Å². The first-order valence-electron chi connectivity index (χ1n) is 10.9. The minimum atomic E-state index is -4.06. The Bertz CT molecular complexity index is 1490. The van der Waals surface area contributed by atoms with Gasteiger partial charge in [-0.1, -0.05) is 23.7 Å². The molecule has 0 atom stereocenters. The molecule has 0 saturated carbocycles. The average molecular weight is 550 g/mol. The van der Waals surface area contributed by atoms with Crippen LogP contribution >= 0.6 is 11.6 Å². The Balaban J connectivity index is 1.51. The second-order valence-electron chi connectivity index (χ2n) is 8.12. The molecule has 0 aromatic heterocycles. The minimum Gasteiger partial charge on any atom is -0.379 e. The first-order valence-corrected chi connectivity index (χ1v) is 14.2. The van der Waals surface area contributed by atoms with Gasteiger partial charge < -0.3 is 10.1 Å². The van der Waals surface area contributed by atoms with E-state index in [4.69, 9.17) is 16.3 Å². The maximum Gasteiger partial charge on any atom is 0.263 e. The summed E-state index contributed by atoms with van der Waals surface area (Å²) in [5, 5.41) is 2.61. The summed E-state index contributed by atoms with van der Waals surface area (Å²) in [6, 6.07) is 16.5. The lowest BCUT2D eigenvalue weighted by Crippen LogP contribution is -2.40. The van der Waals surface area contributed by atoms with Crippen molar-refractivity contribution in [2.24, 2.45) is 0 Å². The highest BCUT2D eigenvalue weighted by atomic mass is 35.5. The molecule has 1 amide bonds. The summed E-state index contributed by atoms with van der Waals surface area (Å²) >= 11 is 6.15. The molecule has 3 aromatic carbocycles. The standard InChI is InChI=1S/C24H24ClN3O6S2/c1-17-3-2-4-20(15-17)27-35(30,31)23-16-18(5-10-22(23)25)24(29)26-19-6-8-21(9-7-19)36(32,33)28-11-13-34-14-12-28/h2-10,15-16,27H,11-14H2,1H3,(H,26,29). The van der Waals surface area contributed by atoms with E-state index in [1.54, 1.807) is 18.2 Å². The number of hydrogen-bond acceptors (Lipinski definition) is 6. The predicted octanol–water partition coefficient (Wildman–Crippen LogP) is 3.72. The van der Waals surface area contributed by atoms with Gasteiger partial charge in [0.05, 0.1) is 23.1 Å². The van der Waals surface area contributed by atoms with Gasteiger partial charge in [-0.15, -0.1) is 0 Å². The highest BCUT2D eigenvalue weighted by Crippen LogP contribution is 2.26. The van der Waals surface area contributed by atoms with E-state index < -0.39 is 26.0 Å². The molecule has 0 aliphatic carbocycles.